The monoisotopic (exact) mass is 406 g/mol. The Morgan fingerprint density at radius 1 is 1.17 bits per heavy atom. The maximum atomic E-state index is 12.8. The summed E-state index contributed by atoms with van der Waals surface area (Å²) < 4.78 is 1.52. The van der Waals surface area contributed by atoms with Gasteiger partial charge in [0.2, 0.25) is 11.8 Å². The summed E-state index contributed by atoms with van der Waals surface area (Å²) in [5.41, 5.74) is 4.88. The summed E-state index contributed by atoms with van der Waals surface area (Å²) in [6, 6.07) is 13.9. The normalized spacial score (nSPS) is 15.8. The van der Waals surface area contributed by atoms with Crippen molar-refractivity contribution < 1.29 is 9.59 Å². The predicted octanol–water partition coefficient (Wildman–Crippen LogP) is 4.27. The van der Waals surface area contributed by atoms with Gasteiger partial charge in [-0.2, -0.15) is 0 Å². The van der Waals surface area contributed by atoms with Gasteiger partial charge >= 0.3 is 0 Å². The van der Waals surface area contributed by atoms with E-state index in [-0.39, 0.29) is 18.2 Å². The summed E-state index contributed by atoms with van der Waals surface area (Å²) >= 11 is 1.28. The molecule has 1 amide bonds. The molecule has 4 rings (SSSR count). The van der Waals surface area contributed by atoms with Crippen LogP contribution in [0.4, 0.5) is 5.69 Å². The Bertz CT molecular complexity index is 1090. The van der Waals surface area contributed by atoms with E-state index in [0.29, 0.717) is 11.0 Å². The molecule has 2 aromatic carbocycles. The number of thioether (sulfide) groups is 1. The number of nitrogens with one attached hydrogen (secondary N) is 1. The first-order chi connectivity index (χ1) is 14.0. The third kappa shape index (κ3) is 3.82. The molecule has 2 heterocycles. The van der Waals surface area contributed by atoms with Crippen LogP contribution in [0.1, 0.15) is 34.8 Å². The molecular formula is C22H22N4O2S. The predicted molar refractivity (Wildman–Crippen MR) is 114 cm³/mol. The van der Waals surface area contributed by atoms with Crippen molar-refractivity contribution in [2.75, 3.05) is 5.32 Å². The fraction of sp³-hybridized carbons (Fsp3) is 0.273. The molecule has 0 spiro atoms. The molecular weight excluding hydrogens is 384 g/mol. The lowest BCUT2D eigenvalue weighted by atomic mass is 10.1. The number of hydrogen-bond donors (Lipinski definition) is 1. The third-order valence-corrected chi connectivity index (χ3v) is 6.19. The van der Waals surface area contributed by atoms with Gasteiger partial charge in [0.1, 0.15) is 5.25 Å². The lowest BCUT2D eigenvalue weighted by molar-refractivity contribution is -0.115. The SMILES string of the molecule is CCc1ccc(-c2nnc3n2C(=O)C[C@@H](C(=O)Nc2cc(C)ccc2C)S3)cc1. The number of carbonyl (C=O) groups is 2. The number of fused-ring (bicyclic) bond motifs is 1. The quantitative estimate of drug-likeness (QED) is 0.700. The molecule has 0 bridgehead atoms. The maximum absolute atomic E-state index is 12.8. The van der Waals surface area contributed by atoms with E-state index >= 15 is 0 Å². The number of benzene rings is 2. The van der Waals surface area contributed by atoms with Crippen molar-refractivity contribution in [2.45, 2.75) is 44.0 Å². The van der Waals surface area contributed by atoms with Crippen LogP contribution in [0.5, 0.6) is 0 Å². The molecule has 0 aliphatic carbocycles. The summed E-state index contributed by atoms with van der Waals surface area (Å²) in [5, 5.41) is 11.3. The standard InChI is InChI=1S/C22H22N4O2S/c1-4-15-7-9-16(10-8-15)20-24-25-22-26(20)19(27)12-18(29-22)21(28)23-17-11-13(2)5-6-14(17)3/h5-11,18H,4,12H2,1-3H3,(H,23,28)/t18-/m0/s1. The Morgan fingerprint density at radius 2 is 1.93 bits per heavy atom. The molecule has 1 atom stereocenters. The molecule has 0 saturated heterocycles. The Kier molecular flexibility index (Phi) is 5.24. The lowest BCUT2D eigenvalue weighted by Gasteiger charge is -2.21. The van der Waals surface area contributed by atoms with E-state index in [4.69, 9.17) is 0 Å². The zero-order valence-corrected chi connectivity index (χ0v) is 17.4. The minimum absolute atomic E-state index is 0.104. The number of carbonyl (C=O) groups excluding carboxylic acids is 2. The van der Waals surface area contributed by atoms with Crippen LogP contribution in [0, 0.1) is 13.8 Å². The Labute approximate surface area is 173 Å². The summed E-state index contributed by atoms with van der Waals surface area (Å²) in [6.45, 7) is 6.02. The van der Waals surface area contributed by atoms with E-state index in [1.807, 2.05) is 56.3 Å². The van der Waals surface area contributed by atoms with Gasteiger partial charge in [0.25, 0.3) is 0 Å². The van der Waals surface area contributed by atoms with Crippen LogP contribution in [0.3, 0.4) is 0 Å². The van der Waals surface area contributed by atoms with Crippen molar-refractivity contribution in [2.24, 2.45) is 0 Å². The summed E-state index contributed by atoms with van der Waals surface area (Å²) in [4.78, 5) is 25.6. The number of aromatic nitrogens is 3. The Morgan fingerprint density at radius 3 is 2.66 bits per heavy atom. The van der Waals surface area contributed by atoms with Crippen molar-refractivity contribution in [3.8, 4) is 11.4 Å². The van der Waals surface area contributed by atoms with Gasteiger partial charge in [-0.25, -0.2) is 4.57 Å². The second-order valence-corrected chi connectivity index (χ2v) is 8.37. The van der Waals surface area contributed by atoms with Crippen molar-refractivity contribution in [3.63, 3.8) is 0 Å². The second-order valence-electron chi connectivity index (χ2n) is 7.20. The minimum atomic E-state index is -0.533. The number of aryl methyl sites for hydroxylation is 3. The van der Waals surface area contributed by atoms with E-state index < -0.39 is 5.25 Å². The van der Waals surface area contributed by atoms with Crippen LogP contribution in [0.25, 0.3) is 11.4 Å². The molecule has 7 heteroatoms. The first-order valence-electron chi connectivity index (χ1n) is 9.59. The van der Waals surface area contributed by atoms with Crippen LogP contribution < -0.4 is 5.32 Å². The van der Waals surface area contributed by atoms with E-state index in [2.05, 4.69) is 22.4 Å². The van der Waals surface area contributed by atoms with Gasteiger partial charge in [-0.05, 0) is 43.0 Å². The second kappa shape index (κ2) is 7.83. The average Bonchev–Trinajstić information content (AvgIpc) is 3.15. The topological polar surface area (TPSA) is 76.9 Å². The van der Waals surface area contributed by atoms with Gasteiger partial charge in [0.05, 0.1) is 0 Å². The maximum Gasteiger partial charge on any atom is 0.238 e. The number of hydrogen-bond acceptors (Lipinski definition) is 5. The van der Waals surface area contributed by atoms with Crippen molar-refractivity contribution in [1.29, 1.82) is 0 Å². The highest BCUT2D eigenvalue weighted by Gasteiger charge is 2.34. The van der Waals surface area contributed by atoms with Gasteiger partial charge in [0, 0.05) is 17.7 Å². The molecule has 1 aliphatic heterocycles. The third-order valence-electron chi connectivity index (χ3n) is 5.05. The molecule has 0 saturated carbocycles. The fourth-order valence-corrected chi connectivity index (χ4v) is 4.32. The van der Waals surface area contributed by atoms with E-state index in [9.17, 15) is 9.59 Å². The molecule has 1 aromatic heterocycles. The molecule has 1 aliphatic rings. The molecule has 3 aromatic rings. The van der Waals surface area contributed by atoms with Gasteiger partial charge in [-0.1, -0.05) is 55.1 Å². The van der Waals surface area contributed by atoms with Crippen LogP contribution in [-0.2, 0) is 11.2 Å². The summed E-state index contributed by atoms with van der Waals surface area (Å²) in [7, 11) is 0. The van der Waals surface area contributed by atoms with Gasteiger partial charge in [0.15, 0.2) is 11.0 Å². The molecule has 0 unspecified atom stereocenters. The van der Waals surface area contributed by atoms with Crippen LogP contribution >= 0.6 is 11.8 Å². The first-order valence-corrected chi connectivity index (χ1v) is 10.5. The molecule has 0 radical (unpaired) electrons. The smallest absolute Gasteiger partial charge is 0.238 e. The Balaban J connectivity index is 1.56. The van der Waals surface area contributed by atoms with Crippen LogP contribution in [-0.4, -0.2) is 31.8 Å². The van der Waals surface area contributed by atoms with Crippen LogP contribution in [0.15, 0.2) is 47.6 Å². The average molecular weight is 407 g/mol. The summed E-state index contributed by atoms with van der Waals surface area (Å²) in [5.74, 6) is 0.160. The molecule has 6 nitrogen and oxygen atoms in total. The van der Waals surface area contributed by atoms with Gasteiger partial charge in [-0.3, -0.25) is 9.59 Å². The number of amides is 1. The molecule has 0 fully saturated rings. The zero-order chi connectivity index (χ0) is 20.5. The highest BCUT2D eigenvalue weighted by atomic mass is 32.2. The van der Waals surface area contributed by atoms with Crippen LogP contribution in [0.2, 0.25) is 0 Å². The largest absolute Gasteiger partial charge is 0.325 e. The van der Waals surface area contributed by atoms with Gasteiger partial charge < -0.3 is 5.32 Å². The van der Waals surface area contributed by atoms with E-state index in [0.717, 1.165) is 28.8 Å². The van der Waals surface area contributed by atoms with Crippen molar-refractivity contribution in [1.82, 2.24) is 14.8 Å². The van der Waals surface area contributed by atoms with E-state index in [1.54, 1.807) is 0 Å². The molecule has 1 N–H and O–H groups in total. The first kappa shape index (κ1) is 19.4. The molecule has 148 valence electrons. The van der Waals surface area contributed by atoms with Crippen molar-refractivity contribution >= 4 is 29.3 Å². The number of rotatable bonds is 4. The fourth-order valence-electron chi connectivity index (χ4n) is 3.30. The zero-order valence-electron chi connectivity index (χ0n) is 16.6. The van der Waals surface area contributed by atoms with Gasteiger partial charge in [-0.15, -0.1) is 10.2 Å². The minimum Gasteiger partial charge on any atom is -0.325 e. The highest BCUT2D eigenvalue weighted by Crippen LogP contribution is 2.34. The Hall–Kier alpha value is -2.93. The van der Waals surface area contributed by atoms with E-state index in [1.165, 1.54) is 21.9 Å². The number of anilines is 1. The number of nitrogens with zero attached hydrogens (tertiary/aromatic N) is 3. The highest BCUT2D eigenvalue weighted by molar-refractivity contribution is 8.00. The van der Waals surface area contributed by atoms with Crippen molar-refractivity contribution in [3.05, 3.63) is 59.2 Å². The lowest BCUT2D eigenvalue weighted by Crippen LogP contribution is -2.33. The molecule has 29 heavy (non-hydrogen) atoms. The summed E-state index contributed by atoms with van der Waals surface area (Å²) in [6.07, 6.45) is 1.05.